The maximum absolute atomic E-state index is 12.1. The van der Waals surface area contributed by atoms with Crippen LogP contribution in [-0.2, 0) is 4.79 Å². The number of nitriles is 1. The summed E-state index contributed by atoms with van der Waals surface area (Å²) in [5.74, 6) is -0.0176. The van der Waals surface area contributed by atoms with Gasteiger partial charge >= 0.3 is 0 Å². The second-order valence-corrected chi connectivity index (χ2v) is 6.46. The van der Waals surface area contributed by atoms with Crippen LogP contribution in [0.4, 0.5) is 0 Å². The maximum Gasteiger partial charge on any atom is 0.240 e. The third-order valence-corrected chi connectivity index (χ3v) is 4.53. The van der Waals surface area contributed by atoms with Crippen LogP contribution in [0, 0.1) is 22.2 Å². The highest BCUT2D eigenvalue weighted by Crippen LogP contribution is 2.41. The van der Waals surface area contributed by atoms with E-state index in [1.807, 2.05) is 0 Å². The molecule has 0 aliphatic heterocycles. The number of carbonyl (C=O) groups excluding carboxylic acids is 1. The van der Waals surface area contributed by atoms with Crippen molar-refractivity contribution in [3.05, 3.63) is 0 Å². The molecule has 0 aromatic carbocycles. The Morgan fingerprint density at radius 3 is 2.24 bits per heavy atom. The number of hydrogen-bond donors (Lipinski definition) is 1. The van der Waals surface area contributed by atoms with Gasteiger partial charge < -0.3 is 5.32 Å². The van der Waals surface area contributed by atoms with Gasteiger partial charge in [0.2, 0.25) is 5.91 Å². The van der Waals surface area contributed by atoms with Gasteiger partial charge in [-0.05, 0) is 50.4 Å². The summed E-state index contributed by atoms with van der Waals surface area (Å²) in [6, 6.07) is 2.50. The van der Waals surface area contributed by atoms with E-state index >= 15 is 0 Å². The first kappa shape index (κ1) is 12.4. The van der Waals surface area contributed by atoms with Crippen molar-refractivity contribution >= 4 is 5.91 Å². The van der Waals surface area contributed by atoms with Crippen LogP contribution >= 0.6 is 0 Å². The number of carbonyl (C=O) groups is 1. The standard InChI is InChI=1S/C14H22N2O/c1-13(2)8-4-11(5-9-13)16-12(17)14(10-15)6-3-7-14/h11H,3-9H2,1-2H3,(H,16,17). The molecule has 0 radical (unpaired) electrons. The van der Waals surface area contributed by atoms with E-state index in [9.17, 15) is 4.79 Å². The quantitative estimate of drug-likeness (QED) is 0.798. The lowest BCUT2D eigenvalue weighted by Crippen LogP contribution is -2.49. The molecule has 17 heavy (non-hydrogen) atoms. The molecule has 94 valence electrons. The molecule has 0 unspecified atom stereocenters. The largest absolute Gasteiger partial charge is 0.352 e. The third-order valence-electron chi connectivity index (χ3n) is 4.53. The summed E-state index contributed by atoms with van der Waals surface area (Å²) in [6.07, 6.45) is 6.94. The van der Waals surface area contributed by atoms with Crippen LogP contribution in [0.15, 0.2) is 0 Å². The number of rotatable bonds is 2. The second kappa shape index (κ2) is 4.33. The number of amides is 1. The third kappa shape index (κ3) is 2.46. The van der Waals surface area contributed by atoms with Crippen LogP contribution in [0.25, 0.3) is 0 Å². The Kier molecular flexibility index (Phi) is 3.16. The molecule has 2 aliphatic rings. The van der Waals surface area contributed by atoms with Crippen LogP contribution in [0.2, 0.25) is 0 Å². The first-order valence-corrected chi connectivity index (χ1v) is 6.70. The fraction of sp³-hybridized carbons (Fsp3) is 0.857. The van der Waals surface area contributed by atoms with Crippen molar-refractivity contribution in [3.8, 4) is 6.07 Å². The molecule has 3 nitrogen and oxygen atoms in total. The van der Waals surface area contributed by atoms with E-state index in [2.05, 4.69) is 25.2 Å². The molecule has 2 fully saturated rings. The lowest BCUT2D eigenvalue weighted by molar-refractivity contribution is -0.132. The molecule has 1 N–H and O–H groups in total. The van der Waals surface area contributed by atoms with Crippen molar-refractivity contribution in [3.63, 3.8) is 0 Å². The molecule has 3 heteroatoms. The van der Waals surface area contributed by atoms with Crippen LogP contribution in [0.5, 0.6) is 0 Å². The van der Waals surface area contributed by atoms with Crippen LogP contribution < -0.4 is 5.32 Å². The SMILES string of the molecule is CC1(C)CCC(NC(=O)C2(C#N)CCC2)CC1. The Morgan fingerprint density at radius 2 is 1.82 bits per heavy atom. The fourth-order valence-electron chi connectivity index (χ4n) is 2.79. The molecule has 0 aromatic rings. The summed E-state index contributed by atoms with van der Waals surface area (Å²) < 4.78 is 0. The minimum absolute atomic E-state index is 0.0176. The van der Waals surface area contributed by atoms with Gasteiger partial charge in [-0.1, -0.05) is 13.8 Å². The van der Waals surface area contributed by atoms with Gasteiger partial charge in [0.15, 0.2) is 0 Å². The van der Waals surface area contributed by atoms with E-state index in [4.69, 9.17) is 5.26 Å². The second-order valence-electron chi connectivity index (χ2n) is 6.46. The molecule has 0 bridgehead atoms. The zero-order chi connectivity index (χ0) is 12.5. The average Bonchev–Trinajstić information content (AvgIpc) is 2.20. The predicted molar refractivity (Wildman–Crippen MR) is 66.1 cm³/mol. The van der Waals surface area contributed by atoms with Crippen molar-refractivity contribution in [1.82, 2.24) is 5.32 Å². The van der Waals surface area contributed by atoms with E-state index in [0.717, 1.165) is 44.9 Å². The number of hydrogen-bond acceptors (Lipinski definition) is 2. The van der Waals surface area contributed by atoms with Crippen LogP contribution in [-0.4, -0.2) is 11.9 Å². The first-order chi connectivity index (χ1) is 7.97. The van der Waals surface area contributed by atoms with Crippen molar-refractivity contribution in [2.75, 3.05) is 0 Å². The van der Waals surface area contributed by atoms with Crippen molar-refractivity contribution < 1.29 is 4.79 Å². The lowest BCUT2D eigenvalue weighted by Gasteiger charge is -2.38. The number of nitrogens with one attached hydrogen (secondary N) is 1. The summed E-state index contributed by atoms with van der Waals surface area (Å²) >= 11 is 0. The monoisotopic (exact) mass is 234 g/mol. The fourth-order valence-corrected chi connectivity index (χ4v) is 2.79. The molecule has 1 amide bonds. The van der Waals surface area contributed by atoms with Gasteiger partial charge in [-0.25, -0.2) is 0 Å². The van der Waals surface area contributed by atoms with Gasteiger partial charge in [-0.3, -0.25) is 4.79 Å². The van der Waals surface area contributed by atoms with E-state index in [1.54, 1.807) is 0 Å². The Labute approximate surface area is 104 Å². The topological polar surface area (TPSA) is 52.9 Å². The van der Waals surface area contributed by atoms with Crippen molar-refractivity contribution in [1.29, 1.82) is 5.26 Å². The van der Waals surface area contributed by atoms with E-state index in [1.165, 1.54) is 0 Å². The summed E-state index contributed by atoms with van der Waals surface area (Å²) in [6.45, 7) is 4.57. The van der Waals surface area contributed by atoms with Crippen molar-refractivity contribution in [2.45, 2.75) is 64.8 Å². The van der Waals surface area contributed by atoms with Crippen molar-refractivity contribution in [2.24, 2.45) is 10.8 Å². The predicted octanol–water partition coefficient (Wildman–Crippen LogP) is 2.77. The minimum atomic E-state index is -0.688. The van der Waals surface area contributed by atoms with Gasteiger partial charge in [0.1, 0.15) is 5.41 Å². The summed E-state index contributed by atoms with van der Waals surface area (Å²) in [7, 11) is 0. The Morgan fingerprint density at radius 1 is 1.24 bits per heavy atom. The van der Waals surface area contributed by atoms with E-state index < -0.39 is 5.41 Å². The lowest BCUT2D eigenvalue weighted by atomic mass is 9.68. The maximum atomic E-state index is 12.1. The summed E-state index contributed by atoms with van der Waals surface area (Å²) in [5, 5.41) is 12.2. The summed E-state index contributed by atoms with van der Waals surface area (Å²) in [4.78, 5) is 12.1. The minimum Gasteiger partial charge on any atom is -0.352 e. The first-order valence-electron chi connectivity index (χ1n) is 6.70. The van der Waals surface area contributed by atoms with Gasteiger partial charge in [0.25, 0.3) is 0 Å². The molecular formula is C14H22N2O. The summed E-state index contributed by atoms with van der Waals surface area (Å²) in [5.41, 5.74) is -0.266. The zero-order valence-corrected chi connectivity index (χ0v) is 10.9. The molecule has 0 aromatic heterocycles. The van der Waals surface area contributed by atoms with E-state index in [-0.39, 0.29) is 5.91 Å². The van der Waals surface area contributed by atoms with E-state index in [0.29, 0.717) is 11.5 Å². The zero-order valence-electron chi connectivity index (χ0n) is 10.9. The molecule has 0 atom stereocenters. The van der Waals surface area contributed by atoms with Crippen LogP contribution in [0.3, 0.4) is 0 Å². The highest BCUT2D eigenvalue weighted by molar-refractivity contribution is 5.86. The molecule has 0 spiro atoms. The van der Waals surface area contributed by atoms with Gasteiger partial charge in [-0.15, -0.1) is 0 Å². The van der Waals surface area contributed by atoms with Gasteiger partial charge in [0, 0.05) is 6.04 Å². The molecule has 2 saturated carbocycles. The van der Waals surface area contributed by atoms with Gasteiger partial charge in [0.05, 0.1) is 6.07 Å². The molecule has 0 saturated heterocycles. The Bertz CT molecular complexity index is 340. The normalized spacial score (nSPS) is 26.6. The molecule has 2 aliphatic carbocycles. The molecule has 2 rings (SSSR count). The number of nitrogens with zero attached hydrogens (tertiary/aromatic N) is 1. The molecular weight excluding hydrogens is 212 g/mol. The average molecular weight is 234 g/mol. The molecule has 0 heterocycles. The highest BCUT2D eigenvalue weighted by atomic mass is 16.2. The Balaban J connectivity index is 1.86. The van der Waals surface area contributed by atoms with Crippen LogP contribution in [0.1, 0.15) is 58.8 Å². The smallest absolute Gasteiger partial charge is 0.240 e. The Hall–Kier alpha value is -1.04. The highest BCUT2D eigenvalue weighted by Gasteiger charge is 2.45. The van der Waals surface area contributed by atoms with Gasteiger partial charge in [-0.2, -0.15) is 5.26 Å².